The maximum absolute atomic E-state index is 13.4. The van der Waals surface area contributed by atoms with Crippen LogP contribution >= 0.6 is 0 Å². The molecule has 0 aromatic carbocycles. The normalized spacial score (nSPS) is 33.2. The van der Waals surface area contributed by atoms with E-state index in [0.29, 0.717) is 18.9 Å². The van der Waals surface area contributed by atoms with Crippen molar-refractivity contribution < 1.29 is 9.13 Å². The van der Waals surface area contributed by atoms with Crippen LogP contribution in [-0.4, -0.2) is 31.5 Å². The van der Waals surface area contributed by atoms with E-state index in [1.54, 1.807) is 6.92 Å². The van der Waals surface area contributed by atoms with Gasteiger partial charge >= 0.3 is 0 Å². The van der Waals surface area contributed by atoms with Crippen molar-refractivity contribution in [3.05, 3.63) is 0 Å². The largest absolute Gasteiger partial charge is 0.380 e. The summed E-state index contributed by atoms with van der Waals surface area (Å²) in [6, 6.07) is 0.499. The fourth-order valence-corrected chi connectivity index (χ4v) is 1.90. The minimum atomic E-state index is -0.919. The molecule has 2 nitrogen and oxygen atoms in total. The summed E-state index contributed by atoms with van der Waals surface area (Å²) in [6.45, 7) is 6.13. The van der Waals surface area contributed by atoms with E-state index in [0.717, 1.165) is 32.6 Å². The van der Waals surface area contributed by atoms with Crippen LogP contribution < -0.4 is 5.32 Å². The summed E-state index contributed by atoms with van der Waals surface area (Å²) in [7, 11) is 0. The Labute approximate surface area is 86.2 Å². The molecule has 0 amide bonds. The predicted octanol–water partition coefficient (Wildman–Crippen LogP) is 2.28. The van der Waals surface area contributed by atoms with Crippen LogP contribution in [0.5, 0.6) is 0 Å². The van der Waals surface area contributed by atoms with Crippen LogP contribution in [-0.2, 0) is 4.74 Å². The van der Waals surface area contributed by atoms with Gasteiger partial charge in [0.1, 0.15) is 5.67 Å². The van der Waals surface area contributed by atoms with Gasteiger partial charge in [-0.25, -0.2) is 4.39 Å². The molecule has 0 unspecified atom stereocenters. The third-order valence-corrected chi connectivity index (χ3v) is 2.91. The number of nitrogens with one attached hydrogen (secondary N) is 1. The molecule has 0 aliphatic heterocycles. The molecule has 0 radical (unpaired) electrons. The number of rotatable bonds is 5. The second kappa shape index (κ2) is 5.66. The number of ether oxygens (including phenoxy) is 1. The molecule has 0 atom stereocenters. The van der Waals surface area contributed by atoms with Crippen molar-refractivity contribution in [2.75, 3.05) is 19.8 Å². The Morgan fingerprint density at radius 3 is 2.64 bits per heavy atom. The van der Waals surface area contributed by atoms with Crippen LogP contribution in [0.1, 0.15) is 39.5 Å². The minimum Gasteiger partial charge on any atom is -0.380 e. The molecule has 1 rings (SSSR count). The molecule has 14 heavy (non-hydrogen) atoms. The monoisotopic (exact) mass is 203 g/mol. The molecule has 0 aromatic heterocycles. The second-order valence-corrected chi connectivity index (χ2v) is 4.34. The van der Waals surface area contributed by atoms with Gasteiger partial charge in [0.15, 0.2) is 0 Å². The highest BCUT2D eigenvalue weighted by atomic mass is 19.1. The summed E-state index contributed by atoms with van der Waals surface area (Å²) in [5.74, 6) is 0. The fraction of sp³-hybridized carbons (Fsp3) is 1.00. The molecule has 3 heteroatoms. The molecular weight excluding hydrogens is 181 g/mol. The smallest absolute Gasteiger partial charge is 0.108 e. The lowest BCUT2D eigenvalue weighted by Crippen LogP contribution is -2.38. The van der Waals surface area contributed by atoms with E-state index in [1.165, 1.54) is 0 Å². The topological polar surface area (TPSA) is 21.3 Å². The lowest BCUT2D eigenvalue weighted by atomic mass is 9.85. The average Bonchev–Trinajstić information content (AvgIpc) is 2.15. The standard InChI is InChI=1S/C11H22FNO/c1-3-14-9-8-13-10-4-6-11(2,12)7-5-10/h10,13H,3-9H2,1-2H3. The van der Waals surface area contributed by atoms with Gasteiger partial charge in [-0.15, -0.1) is 0 Å². The first-order chi connectivity index (χ1) is 6.64. The molecule has 84 valence electrons. The molecule has 0 heterocycles. The summed E-state index contributed by atoms with van der Waals surface area (Å²) in [6.07, 6.45) is 3.30. The highest BCUT2D eigenvalue weighted by Gasteiger charge is 2.30. The zero-order chi connectivity index (χ0) is 10.4. The fourth-order valence-electron chi connectivity index (χ4n) is 1.90. The van der Waals surface area contributed by atoms with Gasteiger partial charge in [-0.3, -0.25) is 0 Å². The van der Waals surface area contributed by atoms with Gasteiger partial charge in [0, 0.05) is 19.2 Å². The summed E-state index contributed by atoms with van der Waals surface area (Å²) in [5, 5.41) is 3.40. The molecule has 1 fully saturated rings. The summed E-state index contributed by atoms with van der Waals surface area (Å²) >= 11 is 0. The van der Waals surface area contributed by atoms with Crippen LogP contribution in [0, 0.1) is 0 Å². The van der Waals surface area contributed by atoms with Crippen molar-refractivity contribution >= 4 is 0 Å². The minimum absolute atomic E-state index is 0.499. The molecular formula is C11H22FNO. The number of halogens is 1. The van der Waals surface area contributed by atoms with Crippen molar-refractivity contribution in [3.63, 3.8) is 0 Å². The van der Waals surface area contributed by atoms with Crippen LogP contribution in [0.3, 0.4) is 0 Å². The summed E-state index contributed by atoms with van der Waals surface area (Å²) in [4.78, 5) is 0. The SMILES string of the molecule is CCOCCNC1CCC(C)(F)CC1. The zero-order valence-corrected chi connectivity index (χ0v) is 9.31. The van der Waals surface area contributed by atoms with E-state index in [4.69, 9.17) is 4.74 Å². The van der Waals surface area contributed by atoms with Crippen LogP contribution in [0.4, 0.5) is 4.39 Å². The average molecular weight is 203 g/mol. The molecule has 0 bridgehead atoms. The highest BCUT2D eigenvalue weighted by molar-refractivity contribution is 4.84. The van der Waals surface area contributed by atoms with E-state index < -0.39 is 5.67 Å². The zero-order valence-electron chi connectivity index (χ0n) is 9.31. The van der Waals surface area contributed by atoms with Gasteiger partial charge < -0.3 is 10.1 Å². The lowest BCUT2D eigenvalue weighted by molar-refractivity contribution is 0.106. The first-order valence-electron chi connectivity index (χ1n) is 5.64. The van der Waals surface area contributed by atoms with E-state index in [9.17, 15) is 4.39 Å². The third-order valence-electron chi connectivity index (χ3n) is 2.91. The van der Waals surface area contributed by atoms with Gasteiger partial charge in [0.25, 0.3) is 0 Å². The molecule has 1 saturated carbocycles. The van der Waals surface area contributed by atoms with Crippen LogP contribution in [0.25, 0.3) is 0 Å². The maximum atomic E-state index is 13.4. The van der Waals surface area contributed by atoms with Crippen LogP contribution in [0.15, 0.2) is 0 Å². The van der Waals surface area contributed by atoms with Gasteiger partial charge in [-0.05, 0) is 39.5 Å². The van der Waals surface area contributed by atoms with Crippen LogP contribution in [0.2, 0.25) is 0 Å². The lowest BCUT2D eigenvalue weighted by Gasteiger charge is -2.31. The van der Waals surface area contributed by atoms with Crippen molar-refractivity contribution in [2.45, 2.75) is 51.2 Å². The van der Waals surface area contributed by atoms with E-state index in [-0.39, 0.29) is 0 Å². The van der Waals surface area contributed by atoms with Crippen molar-refractivity contribution in [1.29, 1.82) is 0 Å². The van der Waals surface area contributed by atoms with Crippen molar-refractivity contribution in [1.82, 2.24) is 5.32 Å². The van der Waals surface area contributed by atoms with E-state index in [2.05, 4.69) is 5.32 Å². The molecule has 0 aromatic rings. The summed E-state index contributed by atoms with van der Waals surface area (Å²) in [5.41, 5.74) is -0.919. The predicted molar refractivity (Wildman–Crippen MR) is 56.3 cm³/mol. The van der Waals surface area contributed by atoms with Crippen molar-refractivity contribution in [3.8, 4) is 0 Å². The van der Waals surface area contributed by atoms with E-state index >= 15 is 0 Å². The quantitative estimate of drug-likeness (QED) is 0.692. The van der Waals surface area contributed by atoms with Gasteiger partial charge in [-0.2, -0.15) is 0 Å². The molecule has 0 spiro atoms. The highest BCUT2D eigenvalue weighted by Crippen LogP contribution is 2.31. The second-order valence-electron chi connectivity index (χ2n) is 4.34. The number of hydrogen-bond acceptors (Lipinski definition) is 2. The first-order valence-corrected chi connectivity index (χ1v) is 5.64. The Bertz CT molecular complexity index is 151. The molecule has 0 saturated heterocycles. The molecule has 1 aliphatic rings. The Balaban J connectivity index is 2.04. The molecule has 1 N–H and O–H groups in total. The number of alkyl halides is 1. The van der Waals surface area contributed by atoms with Gasteiger partial charge in [-0.1, -0.05) is 0 Å². The van der Waals surface area contributed by atoms with Crippen molar-refractivity contribution in [2.24, 2.45) is 0 Å². The Morgan fingerprint density at radius 2 is 2.07 bits per heavy atom. The molecule has 1 aliphatic carbocycles. The third kappa shape index (κ3) is 4.38. The van der Waals surface area contributed by atoms with Gasteiger partial charge in [0.2, 0.25) is 0 Å². The summed E-state index contributed by atoms with van der Waals surface area (Å²) < 4.78 is 18.7. The first kappa shape index (κ1) is 11.9. The van der Waals surface area contributed by atoms with Gasteiger partial charge in [0.05, 0.1) is 6.61 Å². The Kier molecular flexibility index (Phi) is 4.82. The Morgan fingerprint density at radius 1 is 1.43 bits per heavy atom. The maximum Gasteiger partial charge on any atom is 0.108 e. The Hall–Kier alpha value is -0.150. The number of hydrogen-bond donors (Lipinski definition) is 1. The van der Waals surface area contributed by atoms with E-state index in [1.807, 2.05) is 6.92 Å².